The minimum atomic E-state index is -0.607. The molecule has 0 saturated heterocycles. The van der Waals surface area contributed by atoms with Gasteiger partial charge in [0.25, 0.3) is 5.56 Å². The van der Waals surface area contributed by atoms with Gasteiger partial charge in [0.05, 0.1) is 5.39 Å². The van der Waals surface area contributed by atoms with E-state index in [4.69, 9.17) is 4.74 Å². The average molecular weight is 374 g/mol. The Hall–Kier alpha value is -1.99. The van der Waals surface area contributed by atoms with Gasteiger partial charge >= 0.3 is 5.97 Å². The first-order valence-corrected chi connectivity index (χ1v) is 9.90. The second-order valence-corrected chi connectivity index (χ2v) is 8.71. The molecule has 3 aromatic heterocycles. The third-order valence-electron chi connectivity index (χ3n) is 4.67. The molecule has 1 N–H and O–H groups in total. The zero-order chi connectivity index (χ0) is 17.7. The molecule has 1 aliphatic carbocycles. The van der Waals surface area contributed by atoms with E-state index < -0.39 is 6.10 Å². The van der Waals surface area contributed by atoms with Crippen LogP contribution in [0.15, 0.2) is 10.9 Å². The fourth-order valence-electron chi connectivity index (χ4n) is 3.17. The van der Waals surface area contributed by atoms with Crippen LogP contribution in [0.2, 0.25) is 0 Å². The fraction of sp³-hybridized carbons (Fsp3) is 0.389. The Balaban J connectivity index is 1.60. The zero-order valence-electron chi connectivity index (χ0n) is 14.3. The Morgan fingerprint density at radius 2 is 2.12 bits per heavy atom. The molecule has 3 heterocycles. The smallest absolute Gasteiger partial charge is 0.349 e. The standard InChI is InChI=1S/C18H18N2O3S2/c1-8-10(3)24-17-14(8)16(21)19-15(20-17)9(2)23-18(22)13-7-11-5-4-6-12(11)25-13/h7,9H,4-6H2,1-3H3,(H,19,20,21)/t9-/m1/s1. The van der Waals surface area contributed by atoms with Crippen LogP contribution in [-0.2, 0) is 17.6 Å². The summed E-state index contributed by atoms with van der Waals surface area (Å²) < 4.78 is 5.54. The molecule has 1 atom stereocenters. The van der Waals surface area contributed by atoms with Gasteiger partial charge in [0, 0.05) is 9.75 Å². The van der Waals surface area contributed by atoms with Gasteiger partial charge in [-0.2, -0.15) is 0 Å². The molecular formula is C18H18N2O3S2. The first-order valence-electron chi connectivity index (χ1n) is 8.26. The van der Waals surface area contributed by atoms with Crippen LogP contribution in [0.3, 0.4) is 0 Å². The lowest BCUT2D eigenvalue weighted by Gasteiger charge is -2.11. The van der Waals surface area contributed by atoms with Gasteiger partial charge in [-0.3, -0.25) is 4.79 Å². The van der Waals surface area contributed by atoms with Gasteiger partial charge in [-0.25, -0.2) is 9.78 Å². The minimum Gasteiger partial charge on any atom is -0.450 e. The SMILES string of the molecule is Cc1sc2nc([C@@H](C)OC(=O)c3cc4c(s3)CCC4)[nH]c(=O)c2c1C. The summed E-state index contributed by atoms with van der Waals surface area (Å²) in [6.07, 6.45) is 2.64. The van der Waals surface area contributed by atoms with Gasteiger partial charge in [0.2, 0.25) is 0 Å². The molecule has 0 spiro atoms. The van der Waals surface area contributed by atoms with Crippen LogP contribution in [0.1, 0.15) is 55.8 Å². The fourth-order valence-corrected chi connectivity index (χ4v) is 5.34. The summed E-state index contributed by atoms with van der Waals surface area (Å²) in [5, 5.41) is 0.624. The monoisotopic (exact) mass is 374 g/mol. The van der Waals surface area contributed by atoms with Crippen molar-refractivity contribution in [3.8, 4) is 0 Å². The highest BCUT2D eigenvalue weighted by Gasteiger charge is 2.23. The van der Waals surface area contributed by atoms with E-state index in [1.54, 1.807) is 6.92 Å². The molecule has 0 unspecified atom stereocenters. The van der Waals surface area contributed by atoms with Crippen molar-refractivity contribution in [2.75, 3.05) is 0 Å². The van der Waals surface area contributed by atoms with Crippen LogP contribution < -0.4 is 5.56 Å². The molecule has 4 rings (SSSR count). The van der Waals surface area contributed by atoms with E-state index in [0.29, 0.717) is 20.9 Å². The minimum absolute atomic E-state index is 0.181. The van der Waals surface area contributed by atoms with Crippen LogP contribution in [0.5, 0.6) is 0 Å². The highest BCUT2D eigenvalue weighted by atomic mass is 32.1. The number of nitrogens with zero attached hydrogens (tertiary/aromatic N) is 1. The lowest BCUT2D eigenvalue weighted by Crippen LogP contribution is -2.17. The maximum absolute atomic E-state index is 12.4. The molecule has 0 aromatic carbocycles. The van der Waals surface area contributed by atoms with Crippen molar-refractivity contribution in [1.29, 1.82) is 0 Å². The van der Waals surface area contributed by atoms with Gasteiger partial charge < -0.3 is 9.72 Å². The van der Waals surface area contributed by atoms with Crippen molar-refractivity contribution in [2.45, 2.75) is 46.1 Å². The Kier molecular flexibility index (Phi) is 4.00. The van der Waals surface area contributed by atoms with Crippen LogP contribution in [0.25, 0.3) is 10.2 Å². The van der Waals surface area contributed by atoms with E-state index >= 15 is 0 Å². The molecule has 25 heavy (non-hydrogen) atoms. The quantitative estimate of drug-likeness (QED) is 0.702. The van der Waals surface area contributed by atoms with Crippen LogP contribution >= 0.6 is 22.7 Å². The number of H-pyrrole nitrogens is 1. The number of aromatic amines is 1. The average Bonchev–Trinajstić information content (AvgIpc) is 3.21. The third kappa shape index (κ3) is 2.81. The number of carbonyl (C=O) groups excluding carboxylic acids is 1. The number of carbonyl (C=O) groups is 1. The maximum atomic E-state index is 12.4. The summed E-state index contributed by atoms with van der Waals surface area (Å²) in [6, 6.07) is 1.94. The maximum Gasteiger partial charge on any atom is 0.349 e. The Morgan fingerprint density at radius 1 is 1.32 bits per heavy atom. The van der Waals surface area contributed by atoms with Crippen LogP contribution in [0.4, 0.5) is 0 Å². The van der Waals surface area contributed by atoms with E-state index in [1.807, 2.05) is 19.9 Å². The van der Waals surface area contributed by atoms with E-state index in [-0.39, 0.29) is 11.5 Å². The Morgan fingerprint density at radius 3 is 2.88 bits per heavy atom. The number of aryl methyl sites for hydroxylation is 4. The van der Waals surface area contributed by atoms with Crippen molar-refractivity contribution in [1.82, 2.24) is 9.97 Å². The molecule has 0 bridgehead atoms. The van der Waals surface area contributed by atoms with Crippen LogP contribution in [0, 0.1) is 13.8 Å². The number of hydrogen-bond donors (Lipinski definition) is 1. The van der Waals surface area contributed by atoms with Crippen molar-refractivity contribution in [3.05, 3.63) is 48.0 Å². The van der Waals surface area contributed by atoms with Gasteiger partial charge in [-0.05, 0) is 57.2 Å². The first kappa shape index (κ1) is 16.5. The third-order valence-corrected chi connectivity index (χ3v) is 6.99. The van der Waals surface area contributed by atoms with Crippen molar-refractivity contribution in [2.24, 2.45) is 0 Å². The Labute approximate surface area is 152 Å². The van der Waals surface area contributed by atoms with Gasteiger partial charge in [0.1, 0.15) is 9.71 Å². The second kappa shape index (κ2) is 6.07. The number of nitrogens with one attached hydrogen (secondary N) is 1. The lowest BCUT2D eigenvalue weighted by molar-refractivity contribution is 0.0326. The molecule has 5 nitrogen and oxygen atoms in total. The summed E-state index contributed by atoms with van der Waals surface area (Å²) in [7, 11) is 0. The number of esters is 1. The number of ether oxygens (including phenoxy) is 1. The molecule has 7 heteroatoms. The van der Waals surface area contributed by atoms with E-state index in [9.17, 15) is 9.59 Å². The van der Waals surface area contributed by atoms with E-state index in [0.717, 1.165) is 29.7 Å². The topological polar surface area (TPSA) is 72.0 Å². The van der Waals surface area contributed by atoms with E-state index in [2.05, 4.69) is 9.97 Å². The zero-order valence-corrected chi connectivity index (χ0v) is 15.9. The molecule has 0 aliphatic heterocycles. The normalized spacial score (nSPS) is 14.7. The molecule has 130 valence electrons. The summed E-state index contributed by atoms with van der Waals surface area (Å²) >= 11 is 3.00. The highest BCUT2D eigenvalue weighted by Crippen LogP contribution is 2.32. The molecule has 0 amide bonds. The number of hydrogen-bond acceptors (Lipinski definition) is 6. The summed E-state index contributed by atoms with van der Waals surface area (Å²) in [6.45, 7) is 5.63. The van der Waals surface area contributed by atoms with Gasteiger partial charge in [-0.15, -0.1) is 22.7 Å². The number of fused-ring (bicyclic) bond motifs is 2. The van der Waals surface area contributed by atoms with Crippen molar-refractivity contribution in [3.63, 3.8) is 0 Å². The molecule has 1 aliphatic rings. The molecule has 0 fully saturated rings. The molecule has 0 saturated carbocycles. The highest BCUT2D eigenvalue weighted by molar-refractivity contribution is 7.18. The summed E-state index contributed by atoms with van der Waals surface area (Å²) in [5.74, 6) is 0.0318. The first-order chi connectivity index (χ1) is 11.9. The number of aromatic nitrogens is 2. The predicted molar refractivity (Wildman–Crippen MR) is 99.9 cm³/mol. The molecule has 0 radical (unpaired) electrons. The predicted octanol–water partition coefficient (Wildman–Crippen LogP) is 4.07. The summed E-state index contributed by atoms with van der Waals surface area (Å²) in [4.78, 5) is 35.7. The molecular weight excluding hydrogens is 356 g/mol. The van der Waals surface area contributed by atoms with Crippen LogP contribution in [-0.4, -0.2) is 15.9 Å². The molecule has 3 aromatic rings. The lowest BCUT2D eigenvalue weighted by atomic mass is 10.2. The van der Waals surface area contributed by atoms with E-state index in [1.165, 1.54) is 33.1 Å². The number of thiophene rings is 2. The summed E-state index contributed by atoms with van der Waals surface area (Å²) in [5.41, 5.74) is 2.04. The second-order valence-electron chi connectivity index (χ2n) is 6.37. The largest absolute Gasteiger partial charge is 0.450 e. The Bertz CT molecular complexity index is 1020. The van der Waals surface area contributed by atoms with Crippen molar-refractivity contribution < 1.29 is 9.53 Å². The van der Waals surface area contributed by atoms with Crippen molar-refractivity contribution >= 4 is 38.9 Å². The van der Waals surface area contributed by atoms with Gasteiger partial charge in [-0.1, -0.05) is 0 Å². The number of rotatable bonds is 3. The van der Waals surface area contributed by atoms with Gasteiger partial charge in [0.15, 0.2) is 11.9 Å².